The largest absolute Gasteiger partial charge is 0.386 e. The first-order chi connectivity index (χ1) is 15.0. The van der Waals surface area contributed by atoms with Crippen LogP contribution in [0.15, 0.2) is 44.5 Å². The van der Waals surface area contributed by atoms with E-state index in [-0.39, 0.29) is 10.6 Å². The predicted octanol–water partition coefficient (Wildman–Crippen LogP) is 3.53. The van der Waals surface area contributed by atoms with Gasteiger partial charge in [0.1, 0.15) is 4.21 Å². The fourth-order valence-corrected chi connectivity index (χ4v) is 6.13. The van der Waals surface area contributed by atoms with Crippen molar-refractivity contribution >= 4 is 27.2 Å². The second-order valence-electron chi connectivity index (χ2n) is 8.25. The van der Waals surface area contributed by atoms with Gasteiger partial charge in [-0.2, -0.15) is 0 Å². The van der Waals surface area contributed by atoms with Crippen LogP contribution < -0.4 is 5.14 Å². The van der Waals surface area contributed by atoms with E-state index >= 15 is 0 Å². The number of aliphatic hydroxyl groups is 1. The van der Waals surface area contributed by atoms with Crippen LogP contribution in [-0.4, -0.2) is 25.2 Å². The second kappa shape index (κ2) is 8.43. The van der Waals surface area contributed by atoms with E-state index in [4.69, 9.17) is 5.14 Å². The van der Waals surface area contributed by atoms with Crippen molar-refractivity contribution in [3.05, 3.63) is 64.0 Å². The second-order valence-corrected chi connectivity index (χ2v) is 11.2. The van der Waals surface area contributed by atoms with Crippen molar-refractivity contribution in [3.8, 4) is 11.4 Å². The summed E-state index contributed by atoms with van der Waals surface area (Å²) in [6.07, 6.45) is 4.71. The van der Waals surface area contributed by atoms with E-state index in [2.05, 4.69) is 14.3 Å². The lowest BCUT2D eigenvalue weighted by Gasteiger charge is -2.14. The Bertz CT molecular complexity index is 1300. The number of carbonyl (C=O) groups is 1. The number of halogens is 1. The lowest BCUT2D eigenvalue weighted by molar-refractivity contribution is -0.117. The molecule has 4 rings (SSSR count). The van der Waals surface area contributed by atoms with Crippen molar-refractivity contribution in [3.63, 3.8) is 0 Å². The molecule has 0 saturated heterocycles. The van der Waals surface area contributed by atoms with E-state index in [1.54, 1.807) is 19.2 Å². The van der Waals surface area contributed by atoms with Crippen LogP contribution >= 0.6 is 11.3 Å². The van der Waals surface area contributed by atoms with Gasteiger partial charge in [0.25, 0.3) is 5.91 Å². The molecule has 0 saturated carbocycles. The standard InChI is InChI=1S/C22H23FN4O3S2/c1-22(2,29)14-8-20(31-12-14)32(24,30)27-19(28)9-18-16-5-3-4-13(16)6-7-17(18)21-25-10-15(23)11-26-21/h6-8,10-12,29H,3-5,9H2,1-2H3,(H2,24,27,28,30). The van der Waals surface area contributed by atoms with Crippen LogP contribution in [0.1, 0.15) is 42.5 Å². The van der Waals surface area contributed by atoms with Crippen molar-refractivity contribution in [1.29, 1.82) is 0 Å². The Hall–Kier alpha value is -2.53. The molecule has 1 atom stereocenters. The van der Waals surface area contributed by atoms with Gasteiger partial charge in [-0.1, -0.05) is 12.1 Å². The van der Waals surface area contributed by atoms with Gasteiger partial charge in [0.2, 0.25) is 0 Å². The van der Waals surface area contributed by atoms with Gasteiger partial charge in [0.05, 0.1) is 24.4 Å². The van der Waals surface area contributed by atoms with Gasteiger partial charge in [-0.05, 0) is 66.8 Å². The predicted molar refractivity (Wildman–Crippen MR) is 121 cm³/mol. The lowest BCUT2D eigenvalue weighted by atomic mass is 9.94. The first kappa shape index (κ1) is 22.7. The van der Waals surface area contributed by atoms with E-state index in [0.29, 0.717) is 22.5 Å². The minimum absolute atomic E-state index is 0.114. The van der Waals surface area contributed by atoms with Crippen molar-refractivity contribution in [2.45, 2.75) is 49.3 Å². The van der Waals surface area contributed by atoms with Crippen LogP contribution in [0.4, 0.5) is 4.39 Å². The molecule has 1 aliphatic carbocycles. The Morgan fingerprint density at radius 3 is 2.69 bits per heavy atom. The highest BCUT2D eigenvalue weighted by Crippen LogP contribution is 2.33. The van der Waals surface area contributed by atoms with E-state index in [1.807, 2.05) is 12.1 Å². The monoisotopic (exact) mass is 474 g/mol. The Morgan fingerprint density at radius 1 is 1.31 bits per heavy atom. The van der Waals surface area contributed by atoms with Crippen molar-refractivity contribution in [2.24, 2.45) is 9.50 Å². The fourth-order valence-electron chi connectivity index (χ4n) is 3.78. The van der Waals surface area contributed by atoms with Crippen LogP contribution in [-0.2, 0) is 39.6 Å². The average Bonchev–Trinajstić information content (AvgIpc) is 3.38. The highest BCUT2D eigenvalue weighted by Gasteiger charge is 2.24. The molecule has 0 aliphatic heterocycles. The number of aryl methyl sites for hydroxylation is 1. The molecular formula is C22H23FN4O3S2. The first-order valence-electron chi connectivity index (χ1n) is 10.1. The van der Waals surface area contributed by atoms with Gasteiger partial charge in [0.15, 0.2) is 21.6 Å². The number of aromatic nitrogens is 2. The number of nitrogens with zero attached hydrogens (tertiary/aromatic N) is 3. The molecule has 1 aliphatic rings. The zero-order valence-electron chi connectivity index (χ0n) is 17.7. The summed E-state index contributed by atoms with van der Waals surface area (Å²) in [6.45, 7) is 3.21. The number of fused-ring (bicyclic) bond motifs is 1. The minimum Gasteiger partial charge on any atom is -0.386 e. The number of hydrogen-bond donors (Lipinski definition) is 2. The fraction of sp³-hybridized carbons (Fsp3) is 0.318. The zero-order valence-corrected chi connectivity index (χ0v) is 19.3. The highest BCUT2D eigenvalue weighted by atomic mass is 32.2. The van der Waals surface area contributed by atoms with Crippen LogP contribution in [0.5, 0.6) is 0 Å². The molecule has 0 spiro atoms. The maximum Gasteiger partial charge on any atom is 0.259 e. The molecular weight excluding hydrogens is 451 g/mol. The summed E-state index contributed by atoms with van der Waals surface area (Å²) in [7, 11) is -3.46. The van der Waals surface area contributed by atoms with E-state index < -0.39 is 27.2 Å². The first-order valence-corrected chi connectivity index (χ1v) is 12.5. The summed E-state index contributed by atoms with van der Waals surface area (Å²) < 4.78 is 30.4. The van der Waals surface area contributed by atoms with E-state index in [1.165, 1.54) is 6.07 Å². The Balaban J connectivity index is 1.70. The van der Waals surface area contributed by atoms with Gasteiger partial charge in [-0.25, -0.2) is 23.7 Å². The third kappa shape index (κ3) is 4.63. The van der Waals surface area contributed by atoms with Gasteiger partial charge in [-0.15, -0.1) is 15.7 Å². The number of rotatable bonds is 5. The van der Waals surface area contributed by atoms with Crippen LogP contribution in [0, 0.1) is 5.82 Å². The highest BCUT2D eigenvalue weighted by molar-refractivity contribution is 7.93. The summed E-state index contributed by atoms with van der Waals surface area (Å²) in [5, 5.41) is 17.7. The maximum atomic E-state index is 13.3. The average molecular weight is 475 g/mol. The molecule has 1 aromatic carbocycles. The molecule has 7 nitrogen and oxygen atoms in total. The Labute approximate surface area is 189 Å². The van der Waals surface area contributed by atoms with Gasteiger partial charge in [0, 0.05) is 5.56 Å². The summed E-state index contributed by atoms with van der Waals surface area (Å²) in [4.78, 5) is 21.0. The number of hydrogen-bond acceptors (Lipinski definition) is 6. The van der Waals surface area contributed by atoms with E-state index in [9.17, 15) is 18.5 Å². The molecule has 0 fully saturated rings. The summed E-state index contributed by atoms with van der Waals surface area (Å²) >= 11 is 1.09. The number of amides is 1. The van der Waals surface area contributed by atoms with Crippen LogP contribution in [0.3, 0.4) is 0 Å². The third-order valence-corrected chi connectivity index (χ3v) is 8.29. The molecule has 1 amide bonds. The van der Waals surface area contributed by atoms with Crippen LogP contribution in [0.25, 0.3) is 11.4 Å². The Kier molecular flexibility index (Phi) is 5.97. The maximum absolute atomic E-state index is 13.3. The Morgan fingerprint density at radius 2 is 2.03 bits per heavy atom. The molecule has 10 heteroatoms. The quantitative estimate of drug-likeness (QED) is 0.586. The molecule has 168 valence electrons. The third-order valence-electron chi connectivity index (χ3n) is 5.40. The van der Waals surface area contributed by atoms with Crippen molar-refractivity contribution in [1.82, 2.24) is 9.97 Å². The molecule has 2 heterocycles. The van der Waals surface area contributed by atoms with Gasteiger partial charge < -0.3 is 5.11 Å². The molecule has 0 radical (unpaired) electrons. The molecule has 32 heavy (non-hydrogen) atoms. The number of nitrogens with two attached hydrogens (primary N) is 1. The normalized spacial score (nSPS) is 15.3. The molecule has 3 aromatic rings. The molecule has 1 unspecified atom stereocenters. The summed E-state index contributed by atoms with van der Waals surface area (Å²) in [5.41, 5.74) is 2.93. The van der Waals surface area contributed by atoms with Gasteiger partial charge in [-0.3, -0.25) is 4.79 Å². The lowest BCUT2D eigenvalue weighted by Crippen LogP contribution is -2.17. The van der Waals surface area contributed by atoms with Gasteiger partial charge >= 0.3 is 0 Å². The van der Waals surface area contributed by atoms with Crippen molar-refractivity contribution < 1.29 is 18.5 Å². The minimum atomic E-state index is -3.46. The summed E-state index contributed by atoms with van der Waals surface area (Å²) in [5.74, 6) is -0.864. The number of thiophene rings is 1. The van der Waals surface area contributed by atoms with Crippen molar-refractivity contribution in [2.75, 3.05) is 0 Å². The molecule has 3 N–H and O–H groups in total. The van der Waals surface area contributed by atoms with E-state index in [0.717, 1.165) is 54.1 Å². The smallest absolute Gasteiger partial charge is 0.259 e. The molecule has 2 aromatic heterocycles. The summed E-state index contributed by atoms with van der Waals surface area (Å²) in [6, 6.07) is 5.32. The zero-order chi connectivity index (χ0) is 23.1. The molecule has 0 bridgehead atoms. The number of carbonyl (C=O) groups excluding carboxylic acids is 1. The number of benzene rings is 1. The SMILES string of the molecule is CC(C)(O)c1csc(S(N)(=O)=NC(=O)Cc2c(-c3ncc(F)cn3)ccc3c2CCC3)c1. The topological polar surface area (TPSA) is 119 Å². The van der Waals surface area contributed by atoms with Crippen LogP contribution in [0.2, 0.25) is 0 Å².